The Morgan fingerprint density at radius 1 is 0.950 bits per heavy atom. The molecule has 0 aromatic heterocycles. The summed E-state index contributed by atoms with van der Waals surface area (Å²) >= 11 is 0. The van der Waals surface area contributed by atoms with Crippen molar-refractivity contribution in [3.05, 3.63) is 59.4 Å². The minimum Gasteiger partial charge on any atom is -0.497 e. The molecule has 1 atom stereocenters. The smallest absolute Gasteiger partial charge is 0.160 e. The number of hydrogen-bond donors (Lipinski definition) is 1. The topological polar surface area (TPSA) is 21.3 Å². The van der Waals surface area contributed by atoms with Gasteiger partial charge in [-0.05, 0) is 25.1 Å². The lowest BCUT2D eigenvalue weighted by atomic mass is 10.1. The molecule has 0 aliphatic heterocycles. The third-order valence-corrected chi connectivity index (χ3v) is 2.98. The van der Waals surface area contributed by atoms with Gasteiger partial charge in [0.1, 0.15) is 11.6 Å². The van der Waals surface area contributed by atoms with E-state index in [0.29, 0.717) is 17.0 Å². The number of methoxy groups -OCH3 is 1. The number of anilines is 1. The normalized spacial score (nSPS) is 12.1. The van der Waals surface area contributed by atoms with Gasteiger partial charge in [0.25, 0.3) is 0 Å². The summed E-state index contributed by atoms with van der Waals surface area (Å²) in [5, 5.41) is 2.92. The van der Waals surface area contributed by atoms with E-state index in [9.17, 15) is 13.2 Å². The molecule has 5 heteroatoms. The lowest BCUT2D eigenvalue weighted by molar-refractivity contribution is 0.410. The van der Waals surface area contributed by atoms with Crippen molar-refractivity contribution in [2.24, 2.45) is 0 Å². The van der Waals surface area contributed by atoms with Crippen molar-refractivity contribution in [3.63, 3.8) is 0 Å². The van der Waals surface area contributed by atoms with Crippen LogP contribution in [0.4, 0.5) is 18.9 Å². The molecule has 0 aliphatic carbocycles. The maximum Gasteiger partial charge on any atom is 0.160 e. The Morgan fingerprint density at radius 2 is 1.70 bits per heavy atom. The van der Waals surface area contributed by atoms with E-state index < -0.39 is 23.5 Å². The van der Waals surface area contributed by atoms with E-state index in [2.05, 4.69) is 5.32 Å². The number of rotatable bonds is 4. The van der Waals surface area contributed by atoms with E-state index in [0.717, 1.165) is 12.1 Å². The monoisotopic (exact) mass is 281 g/mol. The summed E-state index contributed by atoms with van der Waals surface area (Å²) < 4.78 is 44.7. The van der Waals surface area contributed by atoms with Crippen molar-refractivity contribution in [1.82, 2.24) is 0 Å². The Hall–Kier alpha value is -2.17. The second-order valence-corrected chi connectivity index (χ2v) is 4.38. The highest BCUT2D eigenvalue weighted by Crippen LogP contribution is 2.25. The first-order valence-corrected chi connectivity index (χ1v) is 6.06. The fraction of sp³-hybridized carbons (Fsp3) is 0.200. The van der Waals surface area contributed by atoms with E-state index in [4.69, 9.17) is 4.74 Å². The van der Waals surface area contributed by atoms with Gasteiger partial charge in [-0.15, -0.1) is 0 Å². The highest BCUT2D eigenvalue weighted by atomic mass is 19.2. The van der Waals surface area contributed by atoms with E-state index in [1.165, 1.54) is 19.2 Å². The van der Waals surface area contributed by atoms with E-state index in [-0.39, 0.29) is 0 Å². The fourth-order valence-corrected chi connectivity index (χ4v) is 1.90. The highest BCUT2D eigenvalue weighted by Gasteiger charge is 2.12. The molecule has 2 nitrogen and oxygen atoms in total. The molecule has 0 fully saturated rings. The van der Waals surface area contributed by atoms with Gasteiger partial charge in [0.05, 0.1) is 13.2 Å². The molecule has 106 valence electrons. The van der Waals surface area contributed by atoms with Crippen LogP contribution < -0.4 is 10.1 Å². The Balaban J connectivity index is 2.19. The second kappa shape index (κ2) is 5.86. The largest absolute Gasteiger partial charge is 0.497 e. The van der Waals surface area contributed by atoms with E-state index >= 15 is 0 Å². The summed E-state index contributed by atoms with van der Waals surface area (Å²) in [7, 11) is 1.46. The van der Waals surface area contributed by atoms with Crippen LogP contribution >= 0.6 is 0 Å². The number of halogens is 3. The Kier molecular flexibility index (Phi) is 4.17. The van der Waals surface area contributed by atoms with Crippen LogP contribution in [0.5, 0.6) is 5.75 Å². The molecule has 0 saturated carbocycles. The lowest BCUT2D eigenvalue weighted by Crippen LogP contribution is -2.09. The van der Waals surface area contributed by atoms with Crippen LogP contribution in [0.3, 0.4) is 0 Å². The van der Waals surface area contributed by atoms with Crippen molar-refractivity contribution >= 4 is 5.69 Å². The molecule has 0 bridgehead atoms. The molecule has 0 aliphatic rings. The summed E-state index contributed by atoms with van der Waals surface area (Å²) in [6.45, 7) is 1.73. The molecule has 0 spiro atoms. The van der Waals surface area contributed by atoms with Gasteiger partial charge in [-0.3, -0.25) is 0 Å². The first kappa shape index (κ1) is 14.2. The van der Waals surface area contributed by atoms with Crippen molar-refractivity contribution in [1.29, 1.82) is 0 Å². The van der Waals surface area contributed by atoms with E-state index in [1.807, 2.05) is 0 Å². The zero-order valence-electron chi connectivity index (χ0n) is 11.1. The van der Waals surface area contributed by atoms with Crippen LogP contribution in [-0.4, -0.2) is 7.11 Å². The van der Waals surface area contributed by atoms with Gasteiger partial charge in [0.15, 0.2) is 11.6 Å². The van der Waals surface area contributed by atoms with Crippen molar-refractivity contribution in [3.8, 4) is 5.75 Å². The summed E-state index contributed by atoms with van der Waals surface area (Å²) in [5.74, 6) is -1.87. The van der Waals surface area contributed by atoms with Crippen LogP contribution in [0.15, 0.2) is 36.4 Å². The van der Waals surface area contributed by atoms with Crippen molar-refractivity contribution in [2.75, 3.05) is 12.4 Å². The first-order chi connectivity index (χ1) is 9.51. The van der Waals surface area contributed by atoms with Gasteiger partial charge in [-0.1, -0.05) is 6.07 Å². The Morgan fingerprint density at radius 3 is 2.30 bits per heavy atom. The quantitative estimate of drug-likeness (QED) is 0.902. The molecule has 1 N–H and O–H groups in total. The lowest BCUT2D eigenvalue weighted by Gasteiger charge is -2.17. The third-order valence-electron chi connectivity index (χ3n) is 2.98. The minimum absolute atomic E-state index is 0.381. The van der Waals surface area contributed by atoms with Crippen molar-refractivity contribution < 1.29 is 17.9 Å². The molecule has 20 heavy (non-hydrogen) atoms. The predicted octanol–water partition coefficient (Wildman–Crippen LogP) is 4.29. The molecule has 0 amide bonds. The van der Waals surface area contributed by atoms with Crippen LogP contribution in [0.1, 0.15) is 18.5 Å². The number of ether oxygens (including phenoxy) is 1. The Labute approximate surface area is 115 Å². The molecule has 1 unspecified atom stereocenters. The average Bonchev–Trinajstić information content (AvgIpc) is 2.42. The SMILES string of the molecule is COc1ccc(C(C)Nc2ccc(F)c(F)c2)c(F)c1. The molecular formula is C15H14F3NO. The van der Waals surface area contributed by atoms with E-state index in [1.54, 1.807) is 19.1 Å². The fourth-order valence-electron chi connectivity index (χ4n) is 1.90. The Bertz CT molecular complexity index is 616. The molecule has 0 radical (unpaired) electrons. The van der Waals surface area contributed by atoms with Gasteiger partial charge >= 0.3 is 0 Å². The molecule has 0 saturated heterocycles. The van der Waals surface area contributed by atoms with Gasteiger partial charge in [0.2, 0.25) is 0 Å². The zero-order chi connectivity index (χ0) is 14.7. The molecule has 2 aromatic rings. The standard InChI is InChI=1S/C15H14F3NO/c1-9(12-5-4-11(20-2)8-14(12)17)19-10-3-6-13(16)15(18)7-10/h3-9,19H,1-2H3. The van der Waals surface area contributed by atoms with Crippen LogP contribution in [0.2, 0.25) is 0 Å². The average molecular weight is 281 g/mol. The van der Waals surface area contributed by atoms with Crippen LogP contribution in [0.25, 0.3) is 0 Å². The van der Waals surface area contributed by atoms with Crippen molar-refractivity contribution in [2.45, 2.75) is 13.0 Å². The summed E-state index contributed by atoms with van der Waals surface area (Å²) in [6, 6.07) is 7.57. The third kappa shape index (κ3) is 3.04. The second-order valence-electron chi connectivity index (χ2n) is 4.38. The maximum atomic E-state index is 13.9. The number of benzene rings is 2. The molecule has 2 aromatic carbocycles. The summed E-state index contributed by atoms with van der Waals surface area (Å²) in [4.78, 5) is 0. The summed E-state index contributed by atoms with van der Waals surface area (Å²) in [5.41, 5.74) is 0.794. The zero-order valence-corrected chi connectivity index (χ0v) is 11.1. The van der Waals surface area contributed by atoms with Gasteiger partial charge in [-0.25, -0.2) is 13.2 Å². The number of hydrogen-bond acceptors (Lipinski definition) is 2. The molecule has 2 rings (SSSR count). The van der Waals surface area contributed by atoms with Gasteiger partial charge in [-0.2, -0.15) is 0 Å². The maximum absolute atomic E-state index is 13.9. The number of nitrogens with one attached hydrogen (secondary N) is 1. The van der Waals surface area contributed by atoms with Gasteiger partial charge < -0.3 is 10.1 Å². The molecule has 0 heterocycles. The molecular weight excluding hydrogens is 267 g/mol. The highest BCUT2D eigenvalue weighted by molar-refractivity contribution is 5.46. The van der Waals surface area contributed by atoms with Gasteiger partial charge in [0, 0.05) is 23.4 Å². The predicted molar refractivity (Wildman–Crippen MR) is 71.3 cm³/mol. The van der Waals surface area contributed by atoms with Crippen LogP contribution in [0, 0.1) is 17.5 Å². The first-order valence-electron chi connectivity index (χ1n) is 6.06. The minimum atomic E-state index is -0.947. The van der Waals surface area contributed by atoms with Crippen LogP contribution in [-0.2, 0) is 0 Å². The summed E-state index contributed by atoms with van der Waals surface area (Å²) in [6.07, 6.45) is 0.